The minimum Gasteiger partial charge on any atom is -0.487 e. The molecule has 1 fully saturated rings. The standard InChI is InChI=1S/C20H19N3O3.C11H10N2O3.ClH/c24-18-8-7-15-10-14(11-21-20(15)22-18)6-9-19(25)23-12-17(13-23)26-16-4-2-1-3-5-16;14-9-3-2-8-5-7(1-4-10(15)16)6-12-11(8)13-9;/h1-6,9-11,17H,7-8,12-13H2,(H,21,22,24);1,4-6H,2-3H2,(H,15,16)(H,12,13,14);1H/b9-6+;4-1+;. The molecule has 12 heteroatoms. The number of aryl methyl sites for hydroxylation is 2. The molecule has 0 aliphatic carbocycles. The van der Waals surface area contributed by atoms with Crippen molar-refractivity contribution in [3.05, 3.63) is 89.3 Å². The van der Waals surface area contributed by atoms with Crippen molar-refractivity contribution in [2.45, 2.75) is 31.8 Å². The van der Waals surface area contributed by atoms with Crippen LogP contribution in [0.2, 0.25) is 0 Å². The van der Waals surface area contributed by atoms with Crippen LogP contribution in [0.4, 0.5) is 11.6 Å². The first kappa shape index (κ1) is 30.9. The number of para-hydroxylation sites is 1. The van der Waals surface area contributed by atoms with Gasteiger partial charge in [0.2, 0.25) is 17.7 Å². The van der Waals surface area contributed by atoms with Gasteiger partial charge in [-0.05, 0) is 71.5 Å². The summed E-state index contributed by atoms with van der Waals surface area (Å²) in [4.78, 5) is 55.1. The van der Waals surface area contributed by atoms with Crippen molar-refractivity contribution in [2.75, 3.05) is 23.7 Å². The SMILES string of the molecule is Cl.O=C(O)/C=C/c1cnc2c(c1)CCC(=O)N2.O=C1CCc2cc(/C=C/C(=O)N3CC(Oc4ccccc4)C3)cnc2N1. The molecular formula is C31H30ClN5O6. The number of carbonyl (C=O) groups is 4. The third kappa shape index (κ3) is 8.49. The fourth-order valence-electron chi connectivity index (χ4n) is 4.56. The van der Waals surface area contributed by atoms with Crippen LogP contribution in [0.5, 0.6) is 5.75 Å². The van der Waals surface area contributed by atoms with Gasteiger partial charge in [-0.15, -0.1) is 12.4 Å². The molecule has 0 spiro atoms. The second-order valence-corrected chi connectivity index (χ2v) is 9.95. The van der Waals surface area contributed by atoms with Gasteiger partial charge in [-0.25, -0.2) is 14.8 Å². The Hall–Kier alpha value is -5.03. The lowest BCUT2D eigenvalue weighted by Gasteiger charge is -2.38. The molecule has 43 heavy (non-hydrogen) atoms. The lowest BCUT2D eigenvalue weighted by molar-refractivity contribution is -0.134. The van der Waals surface area contributed by atoms with Crippen molar-refractivity contribution in [3.63, 3.8) is 0 Å². The van der Waals surface area contributed by atoms with Crippen LogP contribution in [0.1, 0.15) is 35.1 Å². The van der Waals surface area contributed by atoms with Gasteiger partial charge < -0.3 is 25.4 Å². The number of hydrogen-bond acceptors (Lipinski definition) is 7. The van der Waals surface area contributed by atoms with Crippen molar-refractivity contribution in [2.24, 2.45) is 0 Å². The molecule has 3 amide bonds. The first-order valence-electron chi connectivity index (χ1n) is 13.5. The average Bonchev–Trinajstić information content (AvgIpc) is 2.97. The number of carboxylic acid groups (broad SMARTS) is 1. The van der Waals surface area contributed by atoms with Crippen LogP contribution in [0, 0.1) is 0 Å². The average molecular weight is 604 g/mol. The van der Waals surface area contributed by atoms with E-state index in [-0.39, 0.29) is 36.2 Å². The lowest BCUT2D eigenvalue weighted by Crippen LogP contribution is -2.55. The zero-order valence-corrected chi connectivity index (χ0v) is 23.9. The topological polar surface area (TPSA) is 151 Å². The van der Waals surface area contributed by atoms with Gasteiger partial charge in [0.1, 0.15) is 23.5 Å². The van der Waals surface area contributed by atoms with Crippen LogP contribution in [0.15, 0.2) is 67.0 Å². The van der Waals surface area contributed by atoms with E-state index in [0.29, 0.717) is 50.4 Å². The molecule has 0 saturated carbocycles. The number of rotatable bonds is 6. The number of amides is 3. The van der Waals surface area contributed by atoms with Crippen molar-refractivity contribution in [1.29, 1.82) is 0 Å². The van der Waals surface area contributed by atoms with E-state index in [1.807, 2.05) is 42.5 Å². The summed E-state index contributed by atoms with van der Waals surface area (Å²) >= 11 is 0. The number of nitrogens with zero attached hydrogens (tertiary/aromatic N) is 3. The molecule has 11 nitrogen and oxygen atoms in total. The van der Waals surface area contributed by atoms with Gasteiger partial charge in [-0.1, -0.05) is 18.2 Å². The van der Waals surface area contributed by atoms with Gasteiger partial charge in [-0.2, -0.15) is 0 Å². The van der Waals surface area contributed by atoms with E-state index in [4.69, 9.17) is 9.84 Å². The van der Waals surface area contributed by atoms with E-state index in [0.717, 1.165) is 34.1 Å². The summed E-state index contributed by atoms with van der Waals surface area (Å²) < 4.78 is 5.80. The molecule has 2 aromatic heterocycles. The number of fused-ring (bicyclic) bond motifs is 2. The van der Waals surface area contributed by atoms with Crippen molar-refractivity contribution in [1.82, 2.24) is 14.9 Å². The Kier molecular flexibility index (Phi) is 10.2. The molecule has 0 unspecified atom stereocenters. The molecule has 6 rings (SSSR count). The molecule has 0 radical (unpaired) electrons. The first-order chi connectivity index (χ1) is 20.3. The molecule has 222 valence electrons. The Morgan fingerprint density at radius 2 is 1.37 bits per heavy atom. The summed E-state index contributed by atoms with van der Waals surface area (Å²) in [5.41, 5.74) is 3.51. The molecule has 3 aliphatic heterocycles. The highest BCUT2D eigenvalue weighted by atomic mass is 35.5. The van der Waals surface area contributed by atoms with Gasteiger partial charge in [-0.3, -0.25) is 14.4 Å². The summed E-state index contributed by atoms with van der Waals surface area (Å²) in [6.07, 6.45) is 11.3. The van der Waals surface area contributed by atoms with Crippen LogP contribution >= 0.6 is 12.4 Å². The Morgan fingerprint density at radius 1 is 0.837 bits per heavy atom. The number of nitrogens with one attached hydrogen (secondary N) is 2. The summed E-state index contributed by atoms with van der Waals surface area (Å²) in [5.74, 6) is 0.946. The lowest BCUT2D eigenvalue weighted by atomic mass is 10.0. The Balaban J connectivity index is 0.000000215. The van der Waals surface area contributed by atoms with Crippen LogP contribution in [0.25, 0.3) is 12.2 Å². The fraction of sp³-hybridized carbons (Fsp3) is 0.226. The maximum atomic E-state index is 12.2. The van der Waals surface area contributed by atoms with Gasteiger partial charge in [0.05, 0.1) is 13.1 Å². The second-order valence-electron chi connectivity index (χ2n) is 9.95. The largest absolute Gasteiger partial charge is 0.487 e. The second kappa shape index (κ2) is 14.2. The number of pyridine rings is 2. The van der Waals surface area contributed by atoms with Crippen LogP contribution in [-0.4, -0.2) is 62.9 Å². The van der Waals surface area contributed by atoms with E-state index >= 15 is 0 Å². The highest BCUT2D eigenvalue weighted by Gasteiger charge is 2.31. The number of hydrogen-bond donors (Lipinski definition) is 3. The first-order valence-corrected chi connectivity index (χ1v) is 13.5. The molecular weight excluding hydrogens is 574 g/mol. The zero-order chi connectivity index (χ0) is 29.5. The Labute approximate surface area is 254 Å². The maximum absolute atomic E-state index is 12.2. The van der Waals surface area contributed by atoms with E-state index in [1.165, 1.54) is 12.3 Å². The third-order valence-corrected chi connectivity index (χ3v) is 6.78. The van der Waals surface area contributed by atoms with Crippen LogP contribution in [0.3, 0.4) is 0 Å². The fourth-order valence-corrected chi connectivity index (χ4v) is 4.56. The maximum Gasteiger partial charge on any atom is 0.328 e. The molecule has 3 aromatic rings. The minimum absolute atomic E-state index is 0. The van der Waals surface area contributed by atoms with Crippen LogP contribution < -0.4 is 15.4 Å². The third-order valence-electron chi connectivity index (χ3n) is 6.78. The van der Waals surface area contributed by atoms with Crippen molar-refractivity contribution in [3.8, 4) is 5.75 Å². The highest BCUT2D eigenvalue weighted by Crippen LogP contribution is 2.23. The summed E-state index contributed by atoms with van der Waals surface area (Å²) in [6.45, 7) is 1.18. The number of ether oxygens (including phenoxy) is 1. The van der Waals surface area contributed by atoms with Gasteiger partial charge in [0.15, 0.2) is 0 Å². The monoisotopic (exact) mass is 603 g/mol. The molecule has 3 aliphatic rings. The predicted molar refractivity (Wildman–Crippen MR) is 163 cm³/mol. The number of likely N-dealkylation sites (tertiary alicyclic amines) is 1. The molecule has 5 heterocycles. The van der Waals surface area contributed by atoms with E-state index in [1.54, 1.807) is 23.2 Å². The summed E-state index contributed by atoms with van der Waals surface area (Å²) in [7, 11) is 0. The molecule has 3 N–H and O–H groups in total. The number of carboxylic acids is 1. The Bertz CT molecular complexity index is 1570. The van der Waals surface area contributed by atoms with Gasteiger partial charge in [0.25, 0.3) is 0 Å². The Morgan fingerprint density at radius 3 is 1.91 bits per heavy atom. The normalized spacial score (nSPS) is 15.6. The number of aromatic nitrogens is 2. The van der Waals surface area contributed by atoms with Gasteiger partial charge >= 0.3 is 5.97 Å². The predicted octanol–water partition coefficient (Wildman–Crippen LogP) is 3.76. The number of carbonyl (C=O) groups excluding carboxylic acids is 3. The number of anilines is 2. The number of aliphatic carboxylic acids is 1. The number of benzene rings is 1. The zero-order valence-electron chi connectivity index (χ0n) is 23.1. The summed E-state index contributed by atoms with van der Waals surface area (Å²) in [6, 6.07) is 13.4. The van der Waals surface area contributed by atoms with Crippen molar-refractivity contribution >= 4 is 59.9 Å². The summed E-state index contributed by atoms with van der Waals surface area (Å²) in [5, 5.41) is 13.9. The van der Waals surface area contributed by atoms with Crippen LogP contribution in [-0.2, 0) is 32.0 Å². The molecule has 0 atom stereocenters. The number of halogens is 1. The van der Waals surface area contributed by atoms with Gasteiger partial charge in [0, 0.05) is 37.4 Å². The van der Waals surface area contributed by atoms with E-state index in [9.17, 15) is 19.2 Å². The van der Waals surface area contributed by atoms with Crippen molar-refractivity contribution < 1.29 is 29.0 Å². The molecule has 1 aromatic carbocycles. The minimum atomic E-state index is -0.994. The molecule has 0 bridgehead atoms. The molecule has 1 saturated heterocycles. The smallest absolute Gasteiger partial charge is 0.328 e. The van der Waals surface area contributed by atoms with E-state index in [2.05, 4.69) is 20.6 Å². The highest BCUT2D eigenvalue weighted by molar-refractivity contribution is 5.94. The quantitative estimate of drug-likeness (QED) is 0.360. The van der Waals surface area contributed by atoms with E-state index < -0.39 is 5.97 Å².